The Bertz CT molecular complexity index is 959. The van der Waals surface area contributed by atoms with Gasteiger partial charge in [0.05, 0.1) is 13.2 Å². The van der Waals surface area contributed by atoms with E-state index < -0.39 is 67.1 Å². The fourth-order valence-electron chi connectivity index (χ4n) is 4.12. The Labute approximate surface area is 288 Å². The summed E-state index contributed by atoms with van der Waals surface area (Å²) in [5, 5.41) is 0. The molecule has 0 bridgehead atoms. The van der Waals surface area contributed by atoms with Crippen LogP contribution in [-0.2, 0) is 42.2 Å². The molecule has 0 aliphatic rings. The summed E-state index contributed by atoms with van der Waals surface area (Å²) in [4.78, 5) is 42.5. The molecule has 0 rings (SSSR count). The second kappa shape index (κ2) is 24.7. The molecule has 3 atom stereocenters. The molecule has 0 saturated carbocycles. The van der Waals surface area contributed by atoms with Crippen molar-refractivity contribution in [2.45, 2.75) is 158 Å². The van der Waals surface area contributed by atoms with Gasteiger partial charge in [0, 0.05) is 18.8 Å². The van der Waals surface area contributed by atoms with Gasteiger partial charge >= 0.3 is 32.0 Å². The van der Waals surface area contributed by atoms with E-state index in [4.69, 9.17) is 38.6 Å². The van der Waals surface area contributed by atoms with Crippen LogP contribution in [0.5, 0.6) is 0 Å². The standard InChI is InChI=1S/C33H65N3O11P/c1-11-13-15-17-19-21-23-41-32(38)43-29(25(3)4)46-48(40,35-31(34)36(10,27(7)8)45-28(9)37)47-30(26(5)6)44-33(39)42-24-22-20-18-16-14-12-2/h25-27,29-30H,11-24H2,1-10H3,(H2,34,35,40)/q+1. The number of nitrogens with two attached hydrogens (primary N) is 1. The molecule has 0 saturated heterocycles. The van der Waals surface area contributed by atoms with E-state index in [0.717, 1.165) is 64.2 Å². The van der Waals surface area contributed by atoms with E-state index >= 15 is 0 Å². The molecule has 48 heavy (non-hydrogen) atoms. The van der Waals surface area contributed by atoms with Gasteiger partial charge in [-0.2, -0.15) is 0 Å². The number of hydrogen-bond acceptors (Lipinski definition) is 11. The molecule has 0 aromatic rings. The SMILES string of the molecule is CCCCCCCCOC(=O)OC(OP(=O)(N=C(N)[N+](C)(OC(C)=O)C(C)C)OC(OC(=O)OCCCCCCCC)C(C)C)C(C)C. The fraction of sp³-hybridized carbons (Fsp3) is 0.879. The minimum Gasteiger partial charge on any atom is -0.434 e. The molecule has 282 valence electrons. The number of guanidine groups is 1. The Balaban J connectivity index is 6.03. The molecule has 0 spiro atoms. The van der Waals surface area contributed by atoms with Gasteiger partial charge in [-0.3, -0.25) is 4.84 Å². The number of carbonyl (C=O) groups is 3. The summed E-state index contributed by atoms with van der Waals surface area (Å²) >= 11 is 0. The van der Waals surface area contributed by atoms with Gasteiger partial charge < -0.3 is 24.7 Å². The average molecular weight is 711 g/mol. The number of ether oxygens (including phenoxy) is 4. The van der Waals surface area contributed by atoms with Crippen LogP contribution in [0, 0.1) is 11.8 Å². The molecule has 0 aromatic carbocycles. The molecule has 0 radical (unpaired) electrons. The monoisotopic (exact) mass is 710 g/mol. The highest BCUT2D eigenvalue weighted by atomic mass is 31.2. The molecule has 0 aliphatic carbocycles. The predicted molar refractivity (Wildman–Crippen MR) is 183 cm³/mol. The van der Waals surface area contributed by atoms with E-state index in [1.165, 1.54) is 14.0 Å². The molecule has 0 fully saturated rings. The van der Waals surface area contributed by atoms with Crippen molar-refractivity contribution in [3.63, 3.8) is 0 Å². The van der Waals surface area contributed by atoms with Crippen LogP contribution >= 0.6 is 7.75 Å². The number of rotatable bonds is 24. The summed E-state index contributed by atoms with van der Waals surface area (Å²) in [5.41, 5.74) is 6.29. The van der Waals surface area contributed by atoms with Gasteiger partial charge in [-0.1, -0.05) is 110 Å². The van der Waals surface area contributed by atoms with Crippen LogP contribution in [0.1, 0.15) is 139 Å². The molecular formula is C33H65N3O11P+. The van der Waals surface area contributed by atoms with Crippen molar-refractivity contribution in [1.29, 1.82) is 0 Å². The number of hydroxylamine groups is 3. The maximum atomic E-state index is 14.4. The largest absolute Gasteiger partial charge is 0.510 e. The number of unbranched alkanes of at least 4 members (excludes halogenated alkanes) is 10. The predicted octanol–water partition coefficient (Wildman–Crippen LogP) is 8.77. The lowest BCUT2D eigenvalue weighted by Crippen LogP contribution is -2.58. The van der Waals surface area contributed by atoms with Crippen LogP contribution in [-0.4, -0.2) is 67.8 Å². The highest BCUT2D eigenvalue weighted by Gasteiger charge is 2.44. The molecule has 14 nitrogen and oxygen atoms in total. The van der Waals surface area contributed by atoms with Gasteiger partial charge in [0.2, 0.25) is 12.6 Å². The van der Waals surface area contributed by atoms with Crippen LogP contribution in [0.25, 0.3) is 0 Å². The van der Waals surface area contributed by atoms with E-state index in [-0.39, 0.29) is 13.2 Å². The highest BCUT2D eigenvalue weighted by Crippen LogP contribution is 2.54. The maximum Gasteiger partial charge on any atom is 0.510 e. The van der Waals surface area contributed by atoms with Crippen molar-refractivity contribution in [2.75, 3.05) is 20.3 Å². The van der Waals surface area contributed by atoms with Crippen molar-refractivity contribution >= 4 is 32.0 Å². The first-order valence-corrected chi connectivity index (χ1v) is 19.1. The van der Waals surface area contributed by atoms with Gasteiger partial charge in [-0.25, -0.2) is 28.0 Å². The first-order valence-electron chi connectivity index (χ1n) is 17.6. The summed E-state index contributed by atoms with van der Waals surface area (Å²) in [5.74, 6) is -2.22. The summed E-state index contributed by atoms with van der Waals surface area (Å²) < 4.78 is 50.5. The zero-order valence-corrected chi connectivity index (χ0v) is 32.1. The van der Waals surface area contributed by atoms with E-state index in [9.17, 15) is 18.9 Å². The summed E-state index contributed by atoms with van der Waals surface area (Å²) in [6.07, 6.45) is 7.05. The molecule has 0 aliphatic heterocycles. The lowest BCUT2D eigenvalue weighted by atomic mass is 10.1. The highest BCUT2D eigenvalue weighted by molar-refractivity contribution is 7.52. The van der Waals surface area contributed by atoms with E-state index in [1.54, 1.807) is 41.5 Å². The van der Waals surface area contributed by atoms with Gasteiger partial charge in [-0.15, -0.1) is 4.76 Å². The Hall–Kier alpha value is -2.41. The van der Waals surface area contributed by atoms with Gasteiger partial charge in [0.25, 0.3) is 0 Å². The van der Waals surface area contributed by atoms with E-state index in [0.29, 0.717) is 12.8 Å². The Morgan fingerprint density at radius 2 is 1.06 bits per heavy atom. The average Bonchev–Trinajstić information content (AvgIpc) is 2.98. The first-order chi connectivity index (χ1) is 22.5. The minimum absolute atomic E-state index is 0.145. The lowest BCUT2D eigenvalue weighted by Gasteiger charge is -2.33. The van der Waals surface area contributed by atoms with Crippen molar-refractivity contribution in [1.82, 2.24) is 0 Å². The smallest absolute Gasteiger partial charge is 0.434 e. The summed E-state index contributed by atoms with van der Waals surface area (Å²) in [7, 11) is -3.35. The van der Waals surface area contributed by atoms with E-state index in [2.05, 4.69) is 18.6 Å². The fourth-order valence-corrected chi connectivity index (χ4v) is 5.80. The quantitative estimate of drug-likeness (QED) is 0.0148. The van der Waals surface area contributed by atoms with Crippen LogP contribution in [0.4, 0.5) is 9.59 Å². The van der Waals surface area contributed by atoms with E-state index in [1.807, 2.05) is 0 Å². The third kappa shape index (κ3) is 19.6. The van der Waals surface area contributed by atoms with Gasteiger partial charge in [0.1, 0.15) is 13.1 Å². The first kappa shape index (κ1) is 45.6. The molecule has 0 aromatic heterocycles. The van der Waals surface area contributed by atoms with Gasteiger partial charge in [0.15, 0.2) is 0 Å². The summed E-state index contributed by atoms with van der Waals surface area (Å²) in [6.45, 7) is 15.8. The summed E-state index contributed by atoms with van der Waals surface area (Å²) in [6, 6.07) is -0.478. The Morgan fingerprint density at radius 3 is 1.40 bits per heavy atom. The minimum atomic E-state index is -4.79. The number of carbonyl (C=O) groups excluding carboxylic acids is 3. The molecular weight excluding hydrogens is 645 g/mol. The molecule has 2 N–H and O–H groups in total. The zero-order chi connectivity index (χ0) is 36.8. The van der Waals surface area contributed by atoms with Crippen LogP contribution in [0.15, 0.2) is 4.76 Å². The number of hydrogen-bond donors (Lipinski definition) is 1. The lowest BCUT2D eigenvalue weighted by molar-refractivity contribution is -1.02. The third-order valence-corrected chi connectivity index (χ3v) is 8.80. The normalized spacial score (nSPS) is 15.8. The van der Waals surface area contributed by atoms with Crippen molar-refractivity contribution in [3.05, 3.63) is 0 Å². The molecule has 3 unspecified atom stereocenters. The van der Waals surface area contributed by atoms with Crippen molar-refractivity contribution in [2.24, 2.45) is 22.3 Å². The Morgan fingerprint density at radius 1 is 0.688 bits per heavy atom. The van der Waals surface area contributed by atoms with Crippen LogP contribution < -0.4 is 5.73 Å². The number of quaternary nitrogens is 1. The maximum absolute atomic E-state index is 14.4. The molecule has 0 heterocycles. The molecule has 0 amide bonds. The van der Waals surface area contributed by atoms with Crippen LogP contribution in [0.3, 0.4) is 0 Å². The van der Waals surface area contributed by atoms with Gasteiger partial charge in [-0.05, 0) is 26.7 Å². The van der Waals surface area contributed by atoms with Crippen molar-refractivity contribution in [3.8, 4) is 0 Å². The second-order valence-corrected chi connectivity index (χ2v) is 14.6. The molecule has 15 heteroatoms. The third-order valence-electron chi connectivity index (χ3n) is 7.41. The topological polar surface area (TPSA) is 171 Å². The Kier molecular flexibility index (Phi) is 23.4. The number of nitrogens with zero attached hydrogens (tertiary/aromatic N) is 2. The second-order valence-electron chi connectivity index (χ2n) is 13.0. The van der Waals surface area contributed by atoms with Crippen molar-refractivity contribution < 1.29 is 56.4 Å². The van der Waals surface area contributed by atoms with Crippen LogP contribution in [0.2, 0.25) is 0 Å². The zero-order valence-electron chi connectivity index (χ0n) is 31.2.